The van der Waals surface area contributed by atoms with E-state index in [0.29, 0.717) is 0 Å². The summed E-state index contributed by atoms with van der Waals surface area (Å²) >= 11 is 0. The molecule has 3 saturated heterocycles. The zero-order valence-corrected chi connectivity index (χ0v) is 10.8. The summed E-state index contributed by atoms with van der Waals surface area (Å²) in [6.45, 7) is 11.4. The maximum atomic E-state index is 3.44. The Morgan fingerprint density at radius 1 is 0.882 bits per heavy atom. The third-order valence-corrected chi connectivity index (χ3v) is 4.61. The third kappa shape index (κ3) is 2.99. The lowest BCUT2D eigenvalue weighted by atomic mass is 9.98. The summed E-state index contributed by atoms with van der Waals surface area (Å²) in [7, 11) is 0. The standard InChI is InChI=1S/C13H26N4/c1-5-16(11-12-9-15-10-12)6-2-13(1)17-7-3-14-4-8-17/h12-15H,1-11H2. The zero-order chi connectivity index (χ0) is 11.5. The normalized spacial score (nSPS) is 30.4. The molecule has 0 aromatic carbocycles. The molecule has 4 heteroatoms. The largest absolute Gasteiger partial charge is 0.316 e. The van der Waals surface area contributed by atoms with Crippen LogP contribution in [0.4, 0.5) is 0 Å². The van der Waals surface area contributed by atoms with Gasteiger partial charge in [0.25, 0.3) is 0 Å². The number of piperazine rings is 1. The number of piperidine rings is 1. The Kier molecular flexibility index (Phi) is 3.96. The first kappa shape index (κ1) is 11.9. The average molecular weight is 238 g/mol. The topological polar surface area (TPSA) is 30.5 Å². The summed E-state index contributed by atoms with van der Waals surface area (Å²) in [6, 6.07) is 0.868. The van der Waals surface area contributed by atoms with E-state index in [1.165, 1.54) is 71.7 Å². The van der Waals surface area contributed by atoms with Crippen LogP contribution >= 0.6 is 0 Å². The molecule has 0 amide bonds. The first-order chi connectivity index (χ1) is 8.42. The second-order valence-corrected chi connectivity index (χ2v) is 5.84. The molecule has 0 aromatic rings. The molecular formula is C13H26N4. The minimum atomic E-state index is 0.868. The molecular weight excluding hydrogens is 212 g/mol. The molecule has 0 aliphatic carbocycles. The fourth-order valence-electron chi connectivity index (χ4n) is 3.36. The summed E-state index contributed by atoms with van der Waals surface area (Å²) in [4.78, 5) is 5.39. The molecule has 0 saturated carbocycles. The lowest BCUT2D eigenvalue weighted by molar-refractivity contribution is 0.0842. The molecule has 0 aromatic heterocycles. The highest BCUT2D eigenvalue weighted by atomic mass is 15.2. The maximum absolute atomic E-state index is 3.44. The Morgan fingerprint density at radius 2 is 1.59 bits per heavy atom. The second-order valence-electron chi connectivity index (χ2n) is 5.84. The van der Waals surface area contributed by atoms with E-state index in [1.807, 2.05) is 0 Å². The lowest BCUT2D eigenvalue weighted by Gasteiger charge is -2.42. The van der Waals surface area contributed by atoms with Crippen LogP contribution in [0.3, 0.4) is 0 Å². The van der Waals surface area contributed by atoms with E-state index < -0.39 is 0 Å². The van der Waals surface area contributed by atoms with Gasteiger partial charge in [-0.05, 0) is 31.8 Å². The van der Waals surface area contributed by atoms with Crippen molar-refractivity contribution >= 4 is 0 Å². The predicted molar refractivity (Wildman–Crippen MR) is 70.3 cm³/mol. The Hall–Kier alpha value is -0.160. The fourth-order valence-corrected chi connectivity index (χ4v) is 3.36. The van der Waals surface area contributed by atoms with E-state index in [0.717, 1.165) is 12.0 Å². The van der Waals surface area contributed by atoms with Crippen LogP contribution < -0.4 is 10.6 Å². The zero-order valence-electron chi connectivity index (χ0n) is 10.8. The number of hydrogen-bond donors (Lipinski definition) is 2. The molecule has 3 aliphatic rings. The predicted octanol–water partition coefficient (Wildman–Crippen LogP) is -0.425. The van der Waals surface area contributed by atoms with E-state index in [-0.39, 0.29) is 0 Å². The van der Waals surface area contributed by atoms with Crippen molar-refractivity contribution in [2.75, 3.05) is 58.9 Å². The highest BCUT2D eigenvalue weighted by molar-refractivity contribution is 4.85. The van der Waals surface area contributed by atoms with Crippen LogP contribution in [-0.4, -0.2) is 74.7 Å². The van der Waals surface area contributed by atoms with Crippen molar-refractivity contribution in [2.24, 2.45) is 5.92 Å². The van der Waals surface area contributed by atoms with Gasteiger partial charge in [-0.3, -0.25) is 4.90 Å². The highest BCUT2D eigenvalue weighted by Crippen LogP contribution is 2.18. The molecule has 2 N–H and O–H groups in total. The van der Waals surface area contributed by atoms with Crippen molar-refractivity contribution in [3.63, 3.8) is 0 Å². The molecule has 0 unspecified atom stereocenters. The SMILES string of the molecule is C1CN(C2CCN(CC3CNC3)CC2)CCN1. The van der Waals surface area contributed by atoms with Crippen molar-refractivity contribution in [1.82, 2.24) is 20.4 Å². The minimum absolute atomic E-state index is 0.868. The van der Waals surface area contributed by atoms with Crippen molar-refractivity contribution in [3.8, 4) is 0 Å². The minimum Gasteiger partial charge on any atom is -0.316 e. The van der Waals surface area contributed by atoms with Gasteiger partial charge in [0, 0.05) is 51.9 Å². The number of hydrogen-bond acceptors (Lipinski definition) is 4. The van der Waals surface area contributed by atoms with Gasteiger partial charge >= 0.3 is 0 Å². The fraction of sp³-hybridized carbons (Fsp3) is 1.00. The molecule has 0 spiro atoms. The number of nitrogens with one attached hydrogen (secondary N) is 2. The maximum Gasteiger partial charge on any atom is 0.0121 e. The van der Waals surface area contributed by atoms with Crippen LogP contribution in [0.25, 0.3) is 0 Å². The van der Waals surface area contributed by atoms with Crippen LogP contribution in [0.5, 0.6) is 0 Å². The smallest absolute Gasteiger partial charge is 0.0121 e. The Balaban J connectivity index is 1.40. The first-order valence-corrected chi connectivity index (χ1v) is 7.29. The number of nitrogens with zero attached hydrogens (tertiary/aromatic N) is 2. The van der Waals surface area contributed by atoms with E-state index >= 15 is 0 Å². The van der Waals surface area contributed by atoms with E-state index in [4.69, 9.17) is 0 Å². The first-order valence-electron chi connectivity index (χ1n) is 7.29. The second kappa shape index (κ2) is 5.65. The molecule has 0 atom stereocenters. The van der Waals surface area contributed by atoms with Crippen molar-refractivity contribution in [2.45, 2.75) is 18.9 Å². The lowest BCUT2D eigenvalue weighted by Crippen LogP contribution is -2.54. The Labute approximate surface area is 105 Å². The van der Waals surface area contributed by atoms with Gasteiger partial charge < -0.3 is 15.5 Å². The molecule has 0 radical (unpaired) electrons. The molecule has 3 fully saturated rings. The highest BCUT2D eigenvalue weighted by Gasteiger charge is 2.27. The molecule has 3 heterocycles. The van der Waals surface area contributed by atoms with Crippen LogP contribution in [0.1, 0.15) is 12.8 Å². The number of likely N-dealkylation sites (tertiary alicyclic amines) is 1. The van der Waals surface area contributed by atoms with E-state index in [9.17, 15) is 0 Å². The van der Waals surface area contributed by atoms with Crippen LogP contribution in [0, 0.1) is 5.92 Å². The Morgan fingerprint density at radius 3 is 2.18 bits per heavy atom. The molecule has 0 bridgehead atoms. The summed E-state index contributed by atoms with van der Waals surface area (Å²) in [5, 5.41) is 6.81. The van der Waals surface area contributed by atoms with Gasteiger partial charge in [-0.15, -0.1) is 0 Å². The molecule has 98 valence electrons. The van der Waals surface area contributed by atoms with Crippen LogP contribution in [0.2, 0.25) is 0 Å². The van der Waals surface area contributed by atoms with Crippen LogP contribution in [0.15, 0.2) is 0 Å². The Bertz CT molecular complexity index is 228. The van der Waals surface area contributed by atoms with E-state index in [1.54, 1.807) is 0 Å². The van der Waals surface area contributed by atoms with Gasteiger partial charge in [-0.1, -0.05) is 0 Å². The summed E-state index contributed by atoms with van der Waals surface area (Å²) in [5.74, 6) is 0.936. The van der Waals surface area contributed by atoms with Crippen LogP contribution in [-0.2, 0) is 0 Å². The van der Waals surface area contributed by atoms with Crippen molar-refractivity contribution < 1.29 is 0 Å². The van der Waals surface area contributed by atoms with Gasteiger partial charge in [0.2, 0.25) is 0 Å². The molecule has 17 heavy (non-hydrogen) atoms. The van der Waals surface area contributed by atoms with E-state index in [2.05, 4.69) is 20.4 Å². The van der Waals surface area contributed by atoms with Gasteiger partial charge in [0.15, 0.2) is 0 Å². The van der Waals surface area contributed by atoms with Gasteiger partial charge in [0.1, 0.15) is 0 Å². The monoisotopic (exact) mass is 238 g/mol. The average Bonchev–Trinajstić information content (AvgIpc) is 2.36. The molecule has 3 aliphatic heterocycles. The summed E-state index contributed by atoms with van der Waals surface area (Å²) in [6.07, 6.45) is 2.78. The van der Waals surface area contributed by atoms with Gasteiger partial charge in [-0.25, -0.2) is 0 Å². The third-order valence-electron chi connectivity index (χ3n) is 4.61. The quantitative estimate of drug-likeness (QED) is 0.699. The number of rotatable bonds is 3. The van der Waals surface area contributed by atoms with Gasteiger partial charge in [-0.2, -0.15) is 0 Å². The van der Waals surface area contributed by atoms with Crippen molar-refractivity contribution in [3.05, 3.63) is 0 Å². The molecule has 4 nitrogen and oxygen atoms in total. The summed E-state index contributed by atoms with van der Waals surface area (Å²) < 4.78 is 0. The van der Waals surface area contributed by atoms with Gasteiger partial charge in [0.05, 0.1) is 0 Å². The molecule has 3 rings (SSSR count). The van der Waals surface area contributed by atoms with Crippen molar-refractivity contribution in [1.29, 1.82) is 0 Å². The summed E-state index contributed by atoms with van der Waals surface area (Å²) in [5.41, 5.74) is 0.